The number of pyridine rings is 1. The molecule has 0 aromatic carbocycles. The molecular formula is C17H22N6O2. The molecule has 0 spiro atoms. The molecule has 8 nitrogen and oxygen atoms in total. The highest BCUT2D eigenvalue weighted by Gasteiger charge is 2.31. The fourth-order valence-electron chi connectivity index (χ4n) is 2.81. The summed E-state index contributed by atoms with van der Waals surface area (Å²) in [7, 11) is 0. The summed E-state index contributed by atoms with van der Waals surface area (Å²) in [4.78, 5) is 26.7. The number of aliphatic hydroxyl groups is 1. The number of carbonyl (C=O) groups excluding carboxylic acids is 1. The van der Waals surface area contributed by atoms with Gasteiger partial charge in [0.15, 0.2) is 0 Å². The van der Waals surface area contributed by atoms with Gasteiger partial charge in [0, 0.05) is 32.0 Å². The molecule has 3 heterocycles. The third-order valence-electron chi connectivity index (χ3n) is 4.08. The van der Waals surface area contributed by atoms with Gasteiger partial charge in [-0.3, -0.25) is 9.78 Å². The molecule has 1 amide bonds. The van der Waals surface area contributed by atoms with Crippen LogP contribution in [-0.2, 0) is 0 Å². The highest BCUT2D eigenvalue weighted by Crippen LogP contribution is 2.17. The summed E-state index contributed by atoms with van der Waals surface area (Å²) < 4.78 is 0. The molecule has 132 valence electrons. The number of aliphatic hydroxyl groups excluding tert-OH is 1. The molecule has 1 aliphatic rings. The van der Waals surface area contributed by atoms with Crippen molar-refractivity contribution in [2.24, 2.45) is 0 Å². The van der Waals surface area contributed by atoms with E-state index in [0.717, 1.165) is 12.4 Å². The van der Waals surface area contributed by atoms with Crippen LogP contribution >= 0.6 is 0 Å². The predicted octanol–water partition coefficient (Wildman–Crippen LogP) is 0.991. The van der Waals surface area contributed by atoms with E-state index in [1.165, 1.54) is 0 Å². The number of piperidine rings is 1. The van der Waals surface area contributed by atoms with Crippen LogP contribution in [0.1, 0.15) is 23.8 Å². The lowest BCUT2D eigenvalue weighted by Crippen LogP contribution is -2.52. The van der Waals surface area contributed by atoms with E-state index in [9.17, 15) is 9.90 Å². The van der Waals surface area contributed by atoms with Gasteiger partial charge in [0.1, 0.15) is 11.5 Å². The second-order valence-electron chi connectivity index (χ2n) is 5.87. The lowest BCUT2D eigenvalue weighted by atomic mass is 10.0. The first kappa shape index (κ1) is 17.1. The monoisotopic (exact) mass is 342 g/mol. The number of hydrogen-bond donors (Lipinski definition) is 3. The minimum absolute atomic E-state index is 0.163. The van der Waals surface area contributed by atoms with Gasteiger partial charge >= 0.3 is 0 Å². The van der Waals surface area contributed by atoms with E-state index >= 15 is 0 Å². The van der Waals surface area contributed by atoms with Crippen molar-refractivity contribution < 1.29 is 9.90 Å². The molecule has 1 aliphatic heterocycles. The van der Waals surface area contributed by atoms with E-state index in [1.54, 1.807) is 41.6 Å². The normalized spacial score (nSPS) is 20.2. The Morgan fingerprint density at radius 3 is 2.92 bits per heavy atom. The molecule has 1 saturated heterocycles. The molecule has 3 N–H and O–H groups in total. The quantitative estimate of drug-likeness (QED) is 0.744. The molecule has 8 heteroatoms. The Morgan fingerprint density at radius 1 is 1.32 bits per heavy atom. The van der Waals surface area contributed by atoms with E-state index in [1.807, 2.05) is 6.92 Å². The first-order valence-electron chi connectivity index (χ1n) is 8.39. The Kier molecular flexibility index (Phi) is 5.39. The van der Waals surface area contributed by atoms with Crippen molar-refractivity contribution in [1.82, 2.24) is 19.9 Å². The number of likely N-dealkylation sites (tertiary alicyclic amines) is 1. The summed E-state index contributed by atoms with van der Waals surface area (Å²) in [5, 5.41) is 16.7. The van der Waals surface area contributed by atoms with Gasteiger partial charge in [-0.2, -0.15) is 4.98 Å². The molecule has 2 aromatic rings. The fourth-order valence-corrected chi connectivity index (χ4v) is 2.81. The van der Waals surface area contributed by atoms with Gasteiger partial charge in [0.2, 0.25) is 5.95 Å². The molecule has 1 fully saturated rings. The summed E-state index contributed by atoms with van der Waals surface area (Å²) in [5.41, 5.74) is 0.391. The van der Waals surface area contributed by atoms with Crippen LogP contribution in [-0.4, -0.2) is 62.6 Å². The van der Waals surface area contributed by atoms with Crippen molar-refractivity contribution in [2.75, 3.05) is 30.3 Å². The Labute approximate surface area is 146 Å². The second kappa shape index (κ2) is 7.89. The van der Waals surface area contributed by atoms with Gasteiger partial charge in [-0.1, -0.05) is 6.07 Å². The van der Waals surface area contributed by atoms with Crippen molar-refractivity contribution in [3.05, 3.63) is 42.4 Å². The largest absolute Gasteiger partial charge is 0.389 e. The number of carbonyl (C=O) groups is 1. The smallest absolute Gasteiger partial charge is 0.272 e. The molecule has 0 saturated carbocycles. The average molecular weight is 342 g/mol. The van der Waals surface area contributed by atoms with Gasteiger partial charge < -0.3 is 20.6 Å². The van der Waals surface area contributed by atoms with E-state index in [2.05, 4.69) is 25.6 Å². The van der Waals surface area contributed by atoms with E-state index < -0.39 is 6.10 Å². The Balaban J connectivity index is 1.60. The van der Waals surface area contributed by atoms with E-state index in [4.69, 9.17) is 0 Å². The molecule has 0 bridgehead atoms. The number of hydrogen-bond acceptors (Lipinski definition) is 7. The number of nitrogens with one attached hydrogen (secondary N) is 2. The molecule has 0 aliphatic carbocycles. The third kappa shape index (κ3) is 4.21. The lowest BCUT2D eigenvalue weighted by Gasteiger charge is -2.36. The van der Waals surface area contributed by atoms with Crippen LogP contribution in [0, 0.1) is 0 Å². The van der Waals surface area contributed by atoms with Crippen LogP contribution < -0.4 is 10.6 Å². The Bertz CT molecular complexity index is 711. The number of aromatic nitrogens is 3. The van der Waals surface area contributed by atoms with Gasteiger partial charge in [-0.25, -0.2) is 4.98 Å². The number of anilines is 2. The van der Waals surface area contributed by atoms with Crippen LogP contribution in [0.3, 0.4) is 0 Å². The number of β-amino-alcohol motifs (C(OH)–C–C–N with tert-alkyl or cyclic N) is 1. The van der Waals surface area contributed by atoms with E-state index in [-0.39, 0.29) is 18.5 Å². The van der Waals surface area contributed by atoms with Crippen molar-refractivity contribution in [3.8, 4) is 0 Å². The first-order valence-corrected chi connectivity index (χ1v) is 8.39. The van der Waals surface area contributed by atoms with E-state index in [0.29, 0.717) is 24.6 Å². The van der Waals surface area contributed by atoms with Crippen molar-refractivity contribution in [2.45, 2.75) is 25.5 Å². The Hall–Kier alpha value is -2.74. The van der Waals surface area contributed by atoms with Crippen LogP contribution in [0.4, 0.5) is 11.8 Å². The summed E-state index contributed by atoms with van der Waals surface area (Å²) in [6.45, 7) is 3.55. The fraction of sp³-hybridized carbons (Fsp3) is 0.412. The number of rotatable bonds is 5. The van der Waals surface area contributed by atoms with Crippen LogP contribution in [0.25, 0.3) is 0 Å². The van der Waals surface area contributed by atoms with Gasteiger partial charge in [0.25, 0.3) is 5.91 Å². The number of amides is 1. The summed E-state index contributed by atoms with van der Waals surface area (Å²) in [6.07, 6.45) is 3.16. The van der Waals surface area contributed by atoms with Crippen molar-refractivity contribution in [3.63, 3.8) is 0 Å². The van der Waals surface area contributed by atoms with Crippen LogP contribution in [0.2, 0.25) is 0 Å². The molecule has 2 atom stereocenters. The van der Waals surface area contributed by atoms with Gasteiger partial charge in [-0.15, -0.1) is 0 Å². The SMILES string of the molecule is CCNc1ccnc(N[C@@H]2CCN(C(=O)c3ccccn3)C[C@H]2O)n1. The molecule has 0 radical (unpaired) electrons. The topological polar surface area (TPSA) is 103 Å². The minimum Gasteiger partial charge on any atom is -0.389 e. The first-order chi connectivity index (χ1) is 12.2. The zero-order chi connectivity index (χ0) is 17.6. The molecule has 2 aromatic heterocycles. The third-order valence-corrected chi connectivity index (χ3v) is 4.08. The van der Waals surface area contributed by atoms with Crippen LogP contribution in [0.15, 0.2) is 36.7 Å². The average Bonchev–Trinajstić information content (AvgIpc) is 2.64. The maximum atomic E-state index is 12.4. The predicted molar refractivity (Wildman–Crippen MR) is 94.4 cm³/mol. The molecule has 0 unspecified atom stereocenters. The zero-order valence-corrected chi connectivity index (χ0v) is 14.1. The van der Waals surface area contributed by atoms with Gasteiger partial charge in [0.05, 0.1) is 12.1 Å². The minimum atomic E-state index is -0.701. The second-order valence-corrected chi connectivity index (χ2v) is 5.87. The summed E-state index contributed by atoms with van der Waals surface area (Å²) in [6, 6.07) is 6.81. The number of nitrogens with zero attached hydrogens (tertiary/aromatic N) is 4. The molecule has 3 rings (SSSR count). The maximum Gasteiger partial charge on any atom is 0.272 e. The van der Waals surface area contributed by atoms with Gasteiger partial charge in [-0.05, 0) is 31.5 Å². The highest BCUT2D eigenvalue weighted by molar-refractivity contribution is 5.92. The Morgan fingerprint density at radius 2 is 2.20 bits per heavy atom. The molecule has 25 heavy (non-hydrogen) atoms. The summed E-state index contributed by atoms with van der Waals surface area (Å²) in [5.74, 6) is 1.03. The highest BCUT2D eigenvalue weighted by atomic mass is 16.3. The van der Waals surface area contributed by atoms with Crippen molar-refractivity contribution in [1.29, 1.82) is 0 Å². The zero-order valence-electron chi connectivity index (χ0n) is 14.1. The summed E-state index contributed by atoms with van der Waals surface area (Å²) >= 11 is 0. The van der Waals surface area contributed by atoms with Crippen molar-refractivity contribution >= 4 is 17.7 Å². The van der Waals surface area contributed by atoms with Crippen LogP contribution in [0.5, 0.6) is 0 Å². The lowest BCUT2D eigenvalue weighted by molar-refractivity contribution is 0.0421. The standard InChI is InChI=1S/C17H22N6O2/c1-2-18-15-6-9-20-17(22-15)21-12-7-10-23(11-14(12)24)16(25)13-5-3-4-8-19-13/h3-6,8-9,12,14,24H,2,7,10-11H2,1H3,(H2,18,20,21,22)/t12-,14-/m1/s1. The maximum absolute atomic E-state index is 12.4. The molecular weight excluding hydrogens is 320 g/mol.